The summed E-state index contributed by atoms with van der Waals surface area (Å²) in [7, 11) is 0. The van der Waals surface area contributed by atoms with Gasteiger partial charge in [-0.05, 0) is 5.56 Å². The maximum absolute atomic E-state index is 12.4. The van der Waals surface area contributed by atoms with Gasteiger partial charge in [-0.25, -0.2) is 0 Å². The molecule has 2 fully saturated rings. The lowest BCUT2D eigenvalue weighted by molar-refractivity contribution is -0.131. The number of rotatable bonds is 2. The Hall–Kier alpha value is -1.24. The lowest BCUT2D eigenvalue weighted by atomic mass is 9.95. The zero-order valence-corrected chi connectivity index (χ0v) is 13.0. The van der Waals surface area contributed by atoms with Crippen molar-refractivity contribution in [3.8, 4) is 0 Å². The van der Waals surface area contributed by atoms with Crippen LogP contribution in [-0.4, -0.2) is 47.0 Å². The lowest BCUT2D eigenvalue weighted by Crippen LogP contribution is -2.45. The van der Waals surface area contributed by atoms with Gasteiger partial charge in [-0.2, -0.15) is 0 Å². The summed E-state index contributed by atoms with van der Waals surface area (Å²) in [5.74, 6) is 0.668. The number of likely N-dealkylation sites (tertiary alicyclic amines) is 1. The predicted molar refractivity (Wildman–Crippen MR) is 85.8 cm³/mol. The van der Waals surface area contributed by atoms with E-state index in [0.717, 1.165) is 11.8 Å². The van der Waals surface area contributed by atoms with Crippen LogP contribution in [0.15, 0.2) is 30.3 Å². The van der Waals surface area contributed by atoms with Crippen LogP contribution in [0, 0.1) is 0 Å². The van der Waals surface area contributed by atoms with E-state index in [1.807, 2.05) is 30.3 Å². The molecule has 2 saturated heterocycles. The zero-order chi connectivity index (χ0) is 14.1. The van der Waals surface area contributed by atoms with Gasteiger partial charge in [-0.15, -0.1) is 12.4 Å². The first-order valence-corrected chi connectivity index (χ1v) is 7.66. The molecule has 0 spiro atoms. The van der Waals surface area contributed by atoms with Gasteiger partial charge in [-0.3, -0.25) is 9.59 Å². The Morgan fingerprint density at radius 3 is 2.62 bits per heavy atom. The summed E-state index contributed by atoms with van der Waals surface area (Å²) in [5.41, 5.74) is 7.35. The maximum atomic E-state index is 12.4. The number of nitrogens with zero attached hydrogens (tertiary/aromatic N) is 1. The second-order valence-electron chi connectivity index (χ2n) is 5.22. The van der Waals surface area contributed by atoms with E-state index in [2.05, 4.69) is 5.32 Å². The Labute approximate surface area is 134 Å². The van der Waals surface area contributed by atoms with Gasteiger partial charge in [0.05, 0.1) is 0 Å². The molecule has 0 aliphatic carbocycles. The molecule has 3 rings (SSSR count). The van der Waals surface area contributed by atoms with Gasteiger partial charge in [0, 0.05) is 30.8 Å². The summed E-state index contributed by atoms with van der Waals surface area (Å²) >= 11 is 1.16. The Kier molecular flexibility index (Phi) is 5.13. The van der Waals surface area contributed by atoms with Gasteiger partial charge >= 0.3 is 0 Å². The lowest BCUT2D eigenvalue weighted by Gasteiger charge is -2.20. The summed E-state index contributed by atoms with van der Waals surface area (Å²) in [6.45, 7) is 1.18. The molecular weight excluding hydrogens is 310 g/mol. The van der Waals surface area contributed by atoms with Crippen molar-refractivity contribution in [3.05, 3.63) is 35.9 Å². The number of halogens is 1. The fourth-order valence-corrected chi connectivity index (χ4v) is 3.57. The van der Waals surface area contributed by atoms with Crippen molar-refractivity contribution in [2.45, 2.75) is 18.0 Å². The number of amides is 2. The van der Waals surface area contributed by atoms with E-state index in [1.165, 1.54) is 5.56 Å². The fraction of sp³-hybridized carbons (Fsp3) is 0.429. The van der Waals surface area contributed by atoms with Gasteiger partial charge in [0.15, 0.2) is 0 Å². The summed E-state index contributed by atoms with van der Waals surface area (Å²) in [5, 5.41) is 2.57. The molecule has 1 aromatic carbocycles. The van der Waals surface area contributed by atoms with Crippen molar-refractivity contribution in [2.75, 3.05) is 18.8 Å². The van der Waals surface area contributed by atoms with E-state index in [-0.39, 0.29) is 35.5 Å². The van der Waals surface area contributed by atoms with E-state index in [9.17, 15) is 9.59 Å². The van der Waals surface area contributed by atoms with E-state index in [4.69, 9.17) is 5.73 Å². The molecule has 0 bridgehead atoms. The molecule has 7 heteroatoms. The summed E-state index contributed by atoms with van der Waals surface area (Å²) in [4.78, 5) is 25.3. The highest BCUT2D eigenvalue weighted by Crippen LogP contribution is 2.27. The molecule has 2 heterocycles. The molecule has 2 aliphatic heterocycles. The van der Waals surface area contributed by atoms with Crippen LogP contribution < -0.4 is 11.1 Å². The van der Waals surface area contributed by atoms with Crippen molar-refractivity contribution >= 4 is 35.3 Å². The maximum Gasteiger partial charge on any atom is 0.279 e. The Bertz CT molecular complexity index is 528. The van der Waals surface area contributed by atoms with Crippen LogP contribution in [-0.2, 0) is 4.79 Å². The zero-order valence-electron chi connectivity index (χ0n) is 11.4. The van der Waals surface area contributed by atoms with Crippen molar-refractivity contribution < 1.29 is 9.59 Å². The van der Waals surface area contributed by atoms with Gasteiger partial charge in [-0.1, -0.05) is 42.1 Å². The van der Waals surface area contributed by atoms with Gasteiger partial charge in [0.1, 0.15) is 6.04 Å². The number of carbonyl (C=O) groups is 2. The summed E-state index contributed by atoms with van der Waals surface area (Å²) in [6.07, 6.45) is 0. The molecule has 0 aromatic heterocycles. The standard InChI is InChI=1S/C14H17N3O2S.ClH/c15-11-7-17(13(18)12-8-20-14(19)16-12)6-10(11)9-4-2-1-3-5-9;/h1-5,10-12H,6-8,15H2,(H,16,19);1H/t10-,11+,12-;/m0./s1. The van der Waals surface area contributed by atoms with Crippen molar-refractivity contribution in [3.63, 3.8) is 0 Å². The number of nitrogens with two attached hydrogens (primary N) is 1. The van der Waals surface area contributed by atoms with Gasteiger partial charge in [0.2, 0.25) is 5.91 Å². The quantitative estimate of drug-likeness (QED) is 0.855. The topological polar surface area (TPSA) is 75.4 Å². The van der Waals surface area contributed by atoms with Crippen LogP contribution in [0.25, 0.3) is 0 Å². The molecule has 5 nitrogen and oxygen atoms in total. The number of hydrogen-bond acceptors (Lipinski definition) is 4. The number of benzene rings is 1. The molecule has 2 aliphatic rings. The predicted octanol–water partition coefficient (Wildman–Crippen LogP) is 1.19. The summed E-state index contributed by atoms with van der Waals surface area (Å²) in [6, 6.07) is 9.59. The first-order chi connectivity index (χ1) is 9.65. The molecular formula is C14H18ClN3O2S. The highest BCUT2D eigenvalue weighted by atomic mass is 35.5. The molecule has 0 radical (unpaired) electrons. The van der Waals surface area contributed by atoms with Gasteiger partial charge < -0.3 is 16.0 Å². The Morgan fingerprint density at radius 2 is 2.00 bits per heavy atom. The first kappa shape index (κ1) is 16.1. The number of carbonyl (C=O) groups excluding carboxylic acids is 2. The van der Waals surface area contributed by atoms with Crippen molar-refractivity contribution in [1.29, 1.82) is 0 Å². The summed E-state index contributed by atoms with van der Waals surface area (Å²) < 4.78 is 0. The van der Waals surface area contributed by atoms with E-state index >= 15 is 0 Å². The Morgan fingerprint density at radius 1 is 1.29 bits per heavy atom. The fourth-order valence-electron chi connectivity index (χ4n) is 2.80. The van der Waals surface area contributed by atoms with E-state index in [1.54, 1.807) is 4.90 Å². The molecule has 0 unspecified atom stereocenters. The smallest absolute Gasteiger partial charge is 0.279 e. The van der Waals surface area contributed by atoms with Crippen LogP contribution >= 0.6 is 24.2 Å². The van der Waals surface area contributed by atoms with Crippen LogP contribution in [0.3, 0.4) is 0 Å². The Balaban J connectivity index is 0.00000161. The van der Waals surface area contributed by atoms with Crippen LogP contribution in [0.5, 0.6) is 0 Å². The molecule has 2 amide bonds. The highest BCUT2D eigenvalue weighted by Gasteiger charge is 2.38. The highest BCUT2D eigenvalue weighted by molar-refractivity contribution is 8.14. The largest absolute Gasteiger partial charge is 0.339 e. The van der Waals surface area contributed by atoms with Gasteiger partial charge in [0.25, 0.3) is 5.24 Å². The third-order valence-electron chi connectivity index (χ3n) is 3.88. The van der Waals surface area contributed by atoms with Crippen LogP contribution in [0.2, 0.25) is 0 Å². The van der Waals surface area contributed by atoms with Crippen molar-refractivity contribution in [1.82, 2.24) is 10.2 Å². The van der Waals surface area contributed by atoms with Crippen LogP contribution in [0.4, 0.5) is 4.79 Å². The molecule has 1 aromatic rings. The average molecular weight is 328 g/mol. The monoisotopic (exact) mass is 327 g/mol. The molecule has 0 saturated carbocycles. The number of thioether (sulfide) groups is 1. The van der Waals surface area contributed by atoms with E-state index < -0.39 is 6.04 Å². The molecule has 21 heavy (non-hydrogen) atoms. The number of nitrogens with one attached hydrogen (secondary N) is 1. The molecule has 114 valence electrons. The minimum absolute atomic E-state index is 0. The normalized spacial score (nSPS) is 28.1. The molecule has 3 N–H and O–H groups in total. The molecule has 3 atom stereocenters. The first-order valence-electron chi connectivity index (χ1n) is 6.68. The second-order valence-corrected chi connectivity index (χ2v) is 6.21. The SMILES string of the molecule is Cl.N[C@@H]1CN(C(=O)[C@@H]2CSC(=O)N2)C[C@H]1c1ccccc1. The van der Waals surface area contributed by atoms with Crippen LogP contribution in [0.1, 0.15) is 11.5 Å². The third kappa shape index (κ3) is 3.33. The van der Waals surface area contributed by atoms with E-state index in [0.29, 0.717) is 18.8 Å². The third-order valence-corrected chi connectivity index (χ3v) is 4.76. The second kappa shape index (κ2) is 6.68. The minimum atomic E-state index is -0.394. The minimum Gasteiger partial charge on any atom is -0.339 e. The van der Waals surface area contributed by atoms with Crippen molar-refractivity contribution in [2.24, 2.45) is 5.73 Å². The average Bonchev–Trinajstić information content (AvgIpc) is 3.05. The number of hydrogen-bond donors (Lipinski definition) is 2.